The van der Waals surface area contributed by atoms with Crippen LogP contribution in [0.5, 0.6) is 0 Å². The molecule has 2 fully saturated rings. The number of hydrogen-bond donors (Lipinski definition) is 1. The number of likely N-dealkylation sites (tertiary alicyclic amines) is 1. The maximum Gasteiger partial charge on any atom is 0.275 e. The van der Waals surface area contributed by atoms with Crippen LogP contribution in [0.1, 0.15) is 29.8 Å². The lowest BCUT2D eigenvalue weighted by Crippen LogP contribution is -2.46. The second-order valence-corrected chi connectivity index (χ2v) is 8.18. The van der Waals surface area contributed by atoms with Gasteiger partial charge < -0.3 is 19.5 Å². The van der Waals surface area contributed by atoms with E-state index in [-0.39, 0.29) is 17.6 Å². The van der Waals surface area contributed by atoms with Gasteiger partial charge in [-0.15, -0.1) is 0 Å². The number of amides is 1. The van der Waals surface area contributed by atoms with Crippen LogP contribution in [-0.2, 0) is 18.8 Å². The molecule has 0 unspecified atom stereocenters. The molecule has 4 heterocycles. The van der Waals surface area contributed by atoms with E-state index < -0.39 is 0 Å². The van der Waals surface area contributed by atoms with Crippen LogP contribution < -0.4 is 5.32 Å². The highest BCUT2D eigenvalue weighted by molar-refractivity contribution is 6.04. The number of fused-ring (bicyclic) bond motifs is 1. The molecule has 1 atom stereocenters. The van der Waals surface area contributed by atoms with Crippen molar-refractivity contribution in [3.05, 3.63) is 42.4 Å². The van der Waals surface area contributed by atoms with Crippen LogP contribution in [0.15, 0.2) is 36.7 Å². The van der Waals surface area contributed by atoms with Crippen LogP contribution in [0.2, 0.25) is 0 Å². The Hall–Kier alpha value is -2.87. The monoisotopic (exact) mass is 394 g/mol. The number of anilines is 1. The number of carbonyl (C=O) groups excluding carboxylic acids is 1. The van der Waals surface area contributed by atoms with Gasteiger partial charge in [0.25, 0.3) is 5.91 Å². The zero-order valence-corrected chi connectivity index (χ0v) is 16.8. The molecule has 1 amide bonds. The average Bonchev–Trinajstić information content (AvgIpc) is 3.41. The maximum absolute atomic E-state index is 13.1. The Bertz CT molecular complexity index is 1050. The zero-order valence-electron chi connectivity index (χ0n) is 16.8. The number of para-hydroxylation sites is 1. The molecule has 2 aliphatic heterocycles. The van der Waals surface area contributed by atoms with Crippen molar-refractivity contribution in [3.8, 4) is 0 Å². The Morgan fingerprint density at radius 2 is 2.03 bits per heavy atom. The van der Waals surface area contributed by atoms with Crippen molar-refractivity contribution in [2.45, 2.75) is 30.9 Å². The van der Waals surface area contributed by atoms with Crippen molar-refractivity contribution < 1.29 is 9.53 Å². The Morgan fingerprint density at radius 3 is 2.79 bits per heavy atom. The van der Waals surface area contributed by atoms with Crippen LogP contribution in [-0.4, -0.2) is 61.5 Å². The highest BCUT2D eigenvalue weighted by atomic mass is 16.5. The second kappa shape index (κ2) is 6.88. The number of benzene rings is 1. The van der Waals surface area contributed by atoms with E-state index in [1.165, 1.54) is 0 Å². The highest BCUT2D eigenvalue weighted by Gasteiger charge is 2.44. The van der Waals surface area contributed by atoms with Gasteiger partial charge in [0.1, 0.15) is 0 Å². The largest absolute Gasteiger partial charge is 0.373 e. The van der Waals surface area contributed by atoms with Gasteiger partial charge in [-0.25, -0.2) is 4.98 Å². The predicted molar refractivity (Wildman–Crippen MR) is 110 cm³/mol. The fraction of sp³-hybridized carbons (Fsp3) is 0.476. The molecule has 0 saturated carbocycles. The van der Waals surface area contributed by atoms with E-state index in [9.17, 15) is 4.79 Å². The third-order valence-corrected chi connectivity index (χ3v) is 6.29. The standard InChI is InChI=1S/C21H26N6O2/c1-25-12-9-22-20(25)23-15-13-21(29-14-15)7-10-27(11-8-21)19(28)18-16-5-3-4-6-17(16)26(2)24-18/h3-6,9,12,15H,7-8,10-11,13-14H2,1-2H3,(H,22,23)/t15-/m0/s1. The lowest BCUT2D eigenvalue weighted by atomic mass is 9.87. The quantitative estimate of drug-likeness (QED) is 0.737. The van der Waals surface area contributed by atoms with Gasteiger partial charge in [0, 0.05) is 45.0 Å². The van der Waals surface area contributed by atoms with Crippen LogP contribution in [0, 0.1) is 0 Å². The summed E-state index contributed by atoms with van der Waals surface area (Å²) in [5.41, 5.74) is 1.37. The Labute approximate surface area is 169 Å². The Balaban J connectivity index is 1.24. The summed E-state index contributed by atoms with van der Waals surface area (Å²) >= 11 is 0. The molecule has 2 aliphatic rings. The van der Waals surface area contributed by atoms with Gasteiger partial charge in [-0.1, -0.05) is 18.2 Å². The first-order chi connectivity index (χ1) is 14.0. The van der Waals surface area contributed by atoms with Gasteiger partial charge >= 0.3 is 0 Å². The lowest BCUT2D eigenvalue weighted by molar-refractivity contribution is -0.0388. The molecule has 152 valence electrons. The zero-order chi connectivity index (χ0) is 20.0. The van der Waals surface area contributed by atoms with Gasteiger partial charge in [0.2, 0.25) is 5.95 Å². The molecule has 3 aromatic rings. The Morgan fingerprint density at radius 1 is 1.24 bits per heavy atom. The predicted octanol–water partition coefficient (Wildman–Crippen LogP) is 2.18. The van der Waals surface area contributed by atoms with Crippen molar-refractivity contribution in [1.29, 1.82) is 0 Å². The van der Waals surface area contributed by atoms with Crippen LogP contribution in [0.25, 0.3) is 10.9 Å². The third kappa shape index (κ3) is 3.17. The molecule has 2 saturated heterocycles. The number of nitrogens with one attached hydrogen (secondary N) is 1. The molecule has 5 rings (SSSR count). The number of piperidine rings is 1. The summed E-state index contributed by atoms with van der Waals surface area (Å²) in [5, 5.41) is 8.88. The molecule has 29 heavy (non-hydrogen) atoms. The number of rotatable bonds is 3. The first kappa shape index (κ1) is 18.2. The number of aryl methyl sites for hydroxylation is 2. The molecule has 8 nitrogen and oxygen atoms in total. The normalized spacial score (nSPS) is 21.2. The molecular weight excluding hydrogens is 368 g/mol. The minimum Gasteiger partial charge on any atom is -0.373 e. The van der Waals surface area contributed by atoms with E-state index in [0.29, 0.717) is 25.4 Å². The first-order valence-electron chi connectivity index (χ1n) is 10.1. The second-order valence-electron chi connectivity index (χ2n) is 8.18. The molecule has 1 aromatic carbocycles. The van der Waals surface area contributed by atoms with Crippen LogP contribution >= 0.6 is 0 Å². The van der Waals surface area contributed by atoms with E-state index in [1.807, 2.05) is 54.0 Å². The van der Waals surface area contributed by atoms with Gasteiger partial charge in [0.05, 0.1) is 23.8 Å². The van der Waals surface area contributed by atoms with Gasteiger partial charge in [-0.3, -0.25) is 9.48 Å². The van der Waals surface area contributed by atoms with E-state index in [2.05, 4.69) is 15.4 Å². The third-order valence-electron chi connectivity index (χ3n) is 6.29. The molecule has 8 heteroatoms. The summed E-state index contributed by atoms with van der Waals surface area (Å²) in [4.78, 5) is 19.4. The Kier molecular flexibility index (Phi) is 4.31. The number of hydrogen-bond acceptors (Lipinski definition) is 5. The maximum atomic E-state index is 13.1. The topological polar surface area (TPSA) is 77.2 Å². The van der Waals surface area contributed by atoms with Crippen LogP contribution in [0.3, 0.4) is 0 Å². The average molecular weight is 394 g/mol. The number of imidazole rings is 1. The molecule has 0 radical (unpaired) electrons. The molecule has 0 bridgehead atoms. The summed E-state index contributed by atoms with van der Waals surface area (Å²) < 4.78 is 9.99. The van der Waals surface area contributed by atoms with Crippen molar-refractivity contribution in [1.82, 2.24) is 24.2 Å². The fourth-order valence-electron chi connectivity index (χ4n) is 4.61. The van der Waals surface area contributed by atoms with Crippen molar-refractivity contribution in [2.75, 3.05) is 25.0 Å². The summed E-state index contributed by atoms with van der Waals surface area (Å²) in [7, 11) is 3.86. The molecular formula is C21H26N6O2. The fourth-order valence-corrected chi connectivity index (χ4v) is 4.61. The van der Waals surface area contributed by atoms with Crippen LogP contribution in [0.4, 0.5) is 5.95 Å². The minimum atomic E-state index is -0.147. The number of aromatic nitrogens is 4. The summed E-state index contributed by atoms with van der Waals surface area (Å²) in [5.74, 6) is 0.877. The summed E-state index contributed by atoms with van der Waals surface area (Å²) in [6.07, 6.45) is 6.36. The number of ether oxygens (including phenoxy) is 1. The smallest absolute Gasteiger partial charge is 0.275 e. The van der Waals surface area contributed by atoms with Crippen molar-refractivity contribution in [2.24, 2.45) is 14.1 Å². The van der Waals surface area contributed by atoms with E-state index >= 15 is 0 Å². The lowest BCUT2D eigenvalue weighted by Gasteiger charge is -2.38. The molecule has 1 spiro atoms. The minimum absolute atomic E-state index is 0.0114. The summed E-state index contributed by atoms with van der Waals surface area (Å²) in [6.45, 7) is 2.06. The number of nitrogens with zero attached hydrogens (tertiary/aromatic N) is 5. The van der Waals surface area contributed by atoms with E-state index in [0.717, 1.165) is 36.1 Å². The molecule has 0 aliphatic carbocycles. The molecule has 2 aromatic heterocycles. The van der Waals surface area contributed by atoms with Crippen molar-refractivity contribution in [3.63, 3.8) is 0 Å². The van der Waals surface area contributed by atoms with Gasteiger partial charge in [-0.05, 0) is 25.3 Å². The van der Waals surface area contributed by atoms with Crippen molar-refractivity contribution >= 4 is 22.8 Å². The van der Waals surface area contributed by atoms with E-state index in [4.69, 9.17) is 4.74 Å². The highest BCUT2D eigenvalue weighted by Crippen LogP contribution is 2.37. The van der Waals surface area contributed by atoms with Gasteiger partial charge in [-0.2, -0.15) is 5.10 Å². The van der Waals surface area contributed by atoms with E-state index in [1.54, 1.807) is 10.9 Å². The molecule has 1 N–H and O–H groups in total. The number of carbonyl (C=O) groups is 1. The van der Waals surface area contributed by atoms with Gasteiger partial charge in [0.15, 0.2) is 5.69 Å². The SMILES string of the molecule is Cn1ccnc1N[C@@H]1COC2(CCN(C(=O)c3nn(C)c4ccccc34)CC2)C1. The first-order valence-corrected chi connectivity index (χ1v) is 10.1. The summed E-state index contributed by atoms with van der Waals surface area (Å²) in [6, 6.07) is 8.13.